The molecule has 0 amide bonds. The van der Waals surface area contributed by atoms with E-state index in [1.807, 2.05) is 0 Å². The zero-order valence-electron chi connectivity index (χ0n) is 10.1. The van der Waals surface area contributed by atoms with E-state index in [4.69, 9.17) is 27.7 Å². The molecule has 3 rings (SSSR count). The van der Waals surface area contributed by atoms with Gasteiger partial charge in [0.05, 0.1) is 22.3 Å². The average molecular weight is 299 g/mol. The molecule has 4 nitrogen and oxygen atoms in total. The monoisotopic (exact) mass is 298 g/mol. The van der Waals surface area contributed by atoms with Gasteiger partial charge in [-0.25, -0.2) is 0 Å². The molecular formula is C13H12Cl2N2O2. The molecule has 2 heterocycles. The molecule has 1 N–H and O–H groups in total. The summed E-state index contributed by atoms with van der Waals surface area (Å²) in [5.74, 6) is 1.21. The number of aromatic nitrogens is 2. The van der Waals surface area contributed by atoms with Crippen LogP contribution in [0.2, 0.25) is 10.0 Å². The van der Waals surface area contributed by atoms with Crippen molar-refractivity contribution >= 4 is 23.2 Å². The first-order chi connectivity index (χ1) is 9.20. The SMILES string of the molecule is OCc1c(Cc2c(Cl)cncc2Cl)noc1C1CC1. The maximum Gasteiger partial charge on any atom is 0.145 e. The minimum absolute atomic E-state index is 0.0784. The maximum absolute atomic E-state index is 9.50. The van der Waals surface area contributed by atoms with Crippen molar-refractivity contribution in [2.75, 3.05) is 0 Å². The molecular weight excluding hydrogens is 287 g/mol. The molecule has 1 aliphatic rings. The Morgan fingerprint density at radius 1 is 1.21 bits per heavy atom. The van der Waals surface area contributed by atoms with Crippen molar-refractivity contribution in [3.63, 3.8) is 0 Å². The van der Waals surface area contributed by atoms with E-state index < -0.39 is 0 Å². The van der Waals surface area contributed by atoms with Crippen LogP contribution in [-0.4, -0.2) is 15.2 Å². The van der Waals surface area contributed by atoms with Crippen LogP contribution in [0.1, 0.15) is 41.3 Å². The van der Waals surface area contributed by atoms with Gasteiger partial charge in [0, 0.05) is 30.3 Å². The molecule has 2 aromatic heterocycles. The van der Waals surface area contributed by atoms with Gasteiger partial charge in [-0.05, 0) is 18.4 Å². The van der Waals surface area contributed by atoms with E-state index in [1.165, 1.54) is 0 Å². The molecule has 6 heteroatoms. The second-order valence-electron chi connectivity index (χ2n) is 4.66. The Labute approximate surface area is 120 Å². The number of hydrogen-bond acceptors (Lipinski definition) is 4. The molecule has 100 valence electrons. The van der Waals surface area contributed by atoms with Crippen molar-refractivity contribution < 1.29 is 9.63 Å². The van der Waals surface area contributed by atoms with Crippen LogP contribution in [0, 0.1) is 0 Å². The molecule has 1 saturated carbocycles. The van der Waals surface area contributed by atoms with E-state index in [9.17, 15) is 5.11 Å². The average Bonchev–Trinajstić information content (AvgIpc) is 3.15. The number of nitrogens with zero attached hydrogens (tertiary/aromatic N) is 2. The minimum atomic E-state index is -0.0784. The van der Waals surface area contributed by atoms with Crippen LogP contribution >= 0.6 is 23.2 Å². The molecule has 0 aromatic carbocycles. The fourth-order valence-corrected chi connectivity index (χ4v) is 2.60. The predicted molar refractivity (Wildman–Crippen MR) is 71.5 cm³/mol. The lowest BCUT2D eigenvalue weighted by atomic mass is 10.1. The molecule has 0 aliphatic heterocycles. The topological polar surface area (TPSA) is 59.2 Å². The van der Waals surface area contributed by atoms with Crippen LogP contribution in [0.15, 0.2) is 16.9 Å². The van der Waals surface area contributed by atoms with Crippen molar-refractivity contribution in [1.82, 2.24) is 10.1 Å². The van der Waals surface area contributed by atoms with Crippen molar-refractivity contribution in [2.24, 2.45) is 0 Å². The summed E-state index contributed by atoms with van der Waals surface area (Å²) in [5, 5.41) is 14.5. The van der Waals surface area contributed by atoms with E-state index in [2.05, 4.69) is 10.1 Å². The quantitative estimate of drug-likeness (QED) is 0.940. The zero-order chi connectivity index (χ0) is 13.4. The number of halogens is 2. The standard InChI is InChI=1S/C13H12Cl2N2O2/c14-10-4-16-5-11(15)8(10)3-12-9(6-18)13(19-17-12)7-1-2-7/h4-5,7,18H,1-3,6H2. The van der Waals surface area contributed by atoms with Crippen molar-refractivity contribution in [3.05, 3.63) is 45.0 Å². The van der Waals surface area contributed by atoms with Gasteiger partial charge < -0.3 is 9.63 Å². The summed E-state index contributed by atoms with van der Waals surface area (Å²) < 4.78 is 5.35. The Hall–Kier alpha value is -1.10. The normalized spacial score (nSPS) is 14.9. The molecule has 0 spiro atoms. The molecule has 0 radical (unpaired) electrons. The molecule has 0 unspecified atom stereocenters. The Kier molecular flexibility index (Phi) is 3.48. The lowest BCUT2D eigenvalue weighted by Gasteiger charge is -2.05. The molecule has 2 aromatic rings. The van der Waals surface area contributed by atoms with E-state index in [0.29, 0.717) is 28.1 Å². The summed E-state index contributed by atoms with van der Waals surface area (Å²) >= 11 is 12.2. The van der Waals surface area contributed by atoms with Gasteiger partial charge in [-0.3, -0.25) is 4.98 Å². The smallest absolute Gasteiger partial charge is 0.145 e. The third-order valence-corrected chi connectivity index (χ3v) is 3.95. The third kappa shape index (κ3) is 2.48. The van der Waals surface area contributed by atoms with Gasteiger partial charge in [-0.1, -0.05) is 28.4 Å². The maximum atomic E-state index is 9.50. The lowest BCUT2D eigenvalue weighted by molar-refractivity contribution is 0.276. The molecule has 0 saturated heterocycles. The Balaban J connectivity index is 1.95. The number of hydrogen-bond donors (Lipinski definition) is 1. The van der Waals surface area contributed by atoms with E-state index in [1.54, 1.807) is 12.4 Å². The summed E-state index contributed by atoms with van der Waals surface area (Å²) in [6, 6.07) is 0. The molecule has 1 fully saturated rings. The fourth-order valence-electron chi connectivity index (χ4n) is 2.11. The summed E-state index contributed by atoms with van der Waals surface area (Å²) in [6.45, 7) is -0.0784. The van der Waals surface area contributed by atoms with E-state index >= 15 is 0 Å². The number of aliphatic hydroxyl groups is 1. The second-order valence-corrected chi connectivity index (χ2v) is 5.48. The first-order valence-corrected chi connectivity index (χ1v) is 6.82. The van der Waals surface area contributed by atoms with Gasteiger partial charge >= 0.3 is 0 Å². The predicted octanol–water partition coefficient (Wildman–Crippen LogP) is 3.34. The summed E-state index contributed by atoms with van der Waals surface area (Å²) in [5.41, 5.74) is 2.22. The third-order valence-electron chi connectivity index (χ3n) is 3.30. The lowest BCUT2D eigenvalue weighted by Crippen LogP contribution is -1.98. The Bertz CT molecular complexity index is 588. The Morgan fingerprint density at radius 2 is 1.89 bits per heavy atom. The highest BCUT2D eigenvalue weighted by molar-refractivity contribution is 6.35. The van der Waals surface area contributed by atoms with Crippen molar-refractivity contribution in [3.8, 4) is 0 Å². The van der Waals surface area contributed by atoms with Crippen LogP contribution in [0.3, 0.4) is 0 Å². The Morgan fingerprint density at radius 3 is 2.47 bits per heavy atom. The van der Waals surface area contributed by atoms with E-state index in [-0.39, 0.29) is 6.61 Å². The first-order valence-electron chi connectivity index (χ1n) is 6.06. The zero-order valence-corrected chi connectivity index (χ0v) is 11.6. The molecule has 0 atom stereocenters. The van der Waals surface area contributed by atoms with Crippen molar-refractivity contribution in [1.29, 1.82) is 0 Å². The van der Waals surface area contributed by atoms with Crippen LogP contribution in [0.5, 0.6) is 0 Å². The van der Waals surface area contributed by atoms with Crippen LogP contribution in [0.4, 0.5) is 0 Å². The number of aliphatic hydroxyl groups excluding tert-OH is 1. The summed E-state index contributed by atoms with van der Waals surface area (Å²) in [6.07, 6.45) is 5.72. The van der Waals surface area contributed by atoms with Gasteiger partial charge in [0.15, 0.2) is 0 Å². The largest absolute Gasteiger partial charge is 0.391 e. The fraction of sp³-hybridized carbons (Fsp3) is 0.385. The highest BCUT2D eigenvalue weighted by Gasteiger charge is 2.32. The summed E-state index contributed by atoms with van der Waals surface area (Å²) in [4.78, 5) is 3.91. The number of pyridine rings is 1. The van der Waals surface area contributed by atoms with Gasteiger partial charge in [0.1, 0.15) is 5.76 Å². The first kappa shape index (κ1) is 12.9. The molecule has 1 aliphatic carbocycles. The highest BCUT2D eigenvalue weighted by atomic mass is 35.5. The van der Waals surface area contributed by atoms with Gasteiger partial charge in [0.25, 0.3) is 0 Å². The van der Waals surface area contributed by atoms with Gasteiger partial charge in [-0.15, -0.1) is 0 Å². The summed E-state index contributed by atoms with van der Waals surface area (Å²) in [7, 11) is 0. The molecule has 0 bridgehead atoms. The van der Waals surface area contributed by atoms with Crippen LogP contribution < -0.4 is 0 Å². The van der Waals surface area contributed by atoms with Gasteiger partial charge in [0.2, 0.25) is 0 Å². The second kappa shape index (κ2) is 5.12. The minimum Gasteiger partial charge on any atom is -0.391 e. The van der Waals surface area contributed by atoms with Crippen molar-refractivity contribution in [2.45, 2.75) is 31.8 Å². The van der Waals surface area contributed by atoms with Crippen LogP contribution in [-0.2, 0) is 13.0 Å². The van der Waals surface area contributed by atoms with E-state index in [0.717, 1.165) is 29.7 Å². The highest BCUT2D eigenvalue weighted by Crippen LogP contribution is 2.43. The number of rotatable bonds is 4. The van der Waals surface area contributed by atoms with Crippen LogP contribution in [0.25, 0.3) is 0 Å². The molecule has 19 heavy (non-hydrogen) atoms. The van der Waals surface area contributed by atoms with Gasteiger partial charge in [-0.2, -0.15) is 0 Å².